The molecule has 0 bridgehead atoms. The van der Waals surface area contributed by atoms with E-state index in [-0.39, 0.29) is 28.8 Å². The van der Waals surface area contributed by atoms with E-state index in [2.05, 4.69) is 4.72 Å². The van der Waals surface area contributed by atoms with Crippen LogP contribution in [0.5, 0.6) is 0 Å². The Morgan fingerprint density at radius 3 is 2.52 bits per heavy atom. The first kappa shape index (κ1) is 17.9. The fourth-order valence-electron chi connectivity index (χ4n) is 2.29. The number of nitrogens with zero attached hydrogens (tertiary/aromatic N) is 1. The van der Waals surface area contributed by atoms with E-state index < -0.39 is 26.0 Å². The minimum atomic E-state index is -3.79. The number of rotatable bonds is 5. The number of carbonyl (C=O) groups is 1. The molecule has 1 saturated heterocycles. The molecule has 1 aliphatic rings. The summed E-state index contributed by atoms with van der Waals surface area (Å²) in [6, 6.07) is 3.93. The molecule has 23 heavy (non-hydrogen) atoms. The van der Waals surface area contributed by atoms with E-state index >= 15 is 0 Å². The first-order valence-electron chi connectivity index (χ1n) is 7.27. The zero-order chi connectivity index (χ0) is 17.4. The van der Waals surface area contributed by atoms with Crippen molar-refractivity contribution in [2.24, 2.45) is 0 Å². The summed E-state index contributed by atoms with van der Waals surface area (Å²) < 4.78 is 52.1. The Hall–Kier alpha value is -1.45. The van der Waals surface area contributed by atoms with Crippen molar-refractivity contribution in [1.29, 1.82) is 0 Å². The second kappa shape index (κ2) is 6.21. The monoisotopic (exact) mass is 360 g/mol. The van der Waals surface area contributed by atoms with Crippen LogP contribution in [0.3, 0.4) is 0 Å². The predicted octanol–water partition coefficient (Wildman–Crippen LogP) is 1.14. The van der Waals surface area contributed by atoms with Crippen LogP contribution in [0.2, 0.25) is 0 Å². The minimum Gasteiger partial charge on any atom is -0.273 e. The molecule has 1 aromatic carbocycles. The highest BCUT2D eigenvalue weighted by Gasteiger charge is 2.37. The smallest absolute Gasteiger partial charge is 0.242 e. The van der Waals surface area contributed by atoms with Crippen molar-refractivity contribution in [2.75, 3.05) is 10.1 Å². The Labute approximate surface area is 136 Å². The van der Waals surface area contributed by atoms with E-state index in [0.717, 1.165) is 0 Å². The molecular weight excluding hydrogens is 340 g/mol. The fraction of sp³-hybridized carbons (Fsp3) is 0.500. The number of sulfonamides is 2. The van der Waals surface area contributed by atoms with Crippen LogP contribution >= 0.6 is 0 Å². The fourth-order valence-corrected chi connectivity index (χ4v) is 5.33. The summed E-state index contributed by atoms with van der Waals surface area (Å²) in [6.45, 7) is 5.21. The quantitative estimate of drug-likeness (QED) is 0.848. The van der Waals surface area contributed by atoms with Gasteiger partial charge in [0.2, 0.25) is 26.0 Å². The lowest BCUT2D eigenvalue weighted by Gasteiger charge is -2.18. The molecule has 1 aromatic rings. The SMILES string of the molecule is CC[C@@H](C)NS(=O)(=O)c1cc(N2C(=O)CCS2(=O)=O)ccc1C. The molecule has 1 fully saturated rings. The number of nitrogens with one attached hydrogen (secondary N) is 1. The van der Waals surface area contributed by atoms with Gasteiger partial charge >= 0.3 is 0 Å². The first-order valence-corrected chi connectivity index (χ1v) is 10.4. The van der Waals surface area contributed by atoms with Gasteiger partial charge in [-0.05, 0) is 38.0 Å². The molecule has 1 aliphatic heterocycles. The summed E-state index contributed by atoms with van der Waals surface area (Å²) in [4.78, 5) is 11.8. The first-order chi connectivity index (χ1) is 10.6. The van der Waals surface area contributed by atoms with Crippen LogP contribution in [0.4, 0.5) is 5.69 Å². The van der Waals surface area contributed by atoms with Crippen LogP contribution in [0.25, 0.3) is 0 Å². The van der Waals surface area contributed by atoms with Crippen LogP contribution in [0.1, 0.15) is 32.3 Å². The highest BCUT2D eigenvalue weighted by atomic mass is 32.2. The molecule has 0 saturated carbocycles. The van der Waals surface area contributed by atoms with Crippen molar-refractivity contribution in [2.45, 2.75) is 44.6 Å². The third-order valence-electron chi connectivity index (χ3n) is 3.74. The molecule has 1 heterocycles. The summed E-state index contributed by atoms with van der Waals surface area (Å²) in [5.74, 6) is -0.806. The van der Waals surface area contributed by atoms with Crippen LogP contribution in [-0.2, 0) is 24.8 Å². The highest BCUT2D eigenvalue weighted by molar-refractivity contribution is 7.94. The lowest BCUT2D eigenvalue weighted by atomic mass is 10.2. The van der Waals surface area contributed by atoms with Gasteiger partial charge in [-0.1, -0.05) is 13.0 Å². The van der Waals surface area contributed by atoms with Gasteiger partial charge in [-0.15, -0.1) is 0 Å². The lowest BCUT2D eigenvalue weighted by molar-refractivity contribution is -0.116. The van der Waals surface area contributed by atoms with E-state index in [9.17, 15) is 21.6 Å². The minimum absolute atomic E-state index is 0.0230. The number of benzene rings is 1. The van der Waals surface area contributed by atoms with Crippen LogP contribution in [0, 0.1) is 6.92 Å². The molecule has 0 spiro atoms. The summed E-state index contributed by atoms with van der Waals surface area (Å²) >= 11 is 0. The zero-order valence-electron chi connectivity index (χ0n) is 13.2. The van der Waals surface area contributed by atoms with Crippen molar-refractivity contribution >= 4 is 31.6 Å². The summed E-state index contributed by atoms with van der Waals surface area (Å²) in [5.41, 5.74) is 0.538. The molecule has 7 nitrogen and oxygen atoms in total. The maximum Gasteiger partial charge on any atom is 0.242 e. The number of anilines is 1. The number of aryl methyl sites for hydroxylation is 1. The Morgan fingerprint density at radius 2 is 2.00 bits per heavy atom. The maximum absolute atomic E-state index is 12.5. The average molecular weight is 360 g/mol. The largest absolute Gasteiger partial charge is 0.273 e. The topological polar surface area (TPSA) is 101 Å². The summed E-state index contributed by atoms with van der Waals surface area (Å²) in [5, 5.41) is 0. The second-order valence-corrected chi connectivity index (χ2v) is 9.22. The van der Waals surface area contributed by atoms with Crippen molar-refractivity contribution in [3.63, 3.8) is 0 Å². The third kappa shape index (κ3) is 3.56. The van der Waals surface area contributed by atoms with Gasteiger partial charge in [0.05, 0.1) is 16.3 Å². The Bertz CT molecular complexity index is 831. The molecule has 0 radical (unpaired) electrons. The van der Waals surface area contributed by atoms with Crippen LogP contribution in [0.15, 0.2) is 23.1 Å². The summed E-state index contributed by atoms with van der Waals surface area (Å²) in [7, 11) is -7.52. The average Bonchev–Trinajstić information content (AvgIpc) is 2.72. The van der Waals surface area contributed by atoms with Gasteiger partial charge in [0.15, 0.2) is 0 Å². The van der Waals surface area contributed by atoms with Gasteiger partial charge < -0.3 is 0 Å². The van der Waals surface area contributed by atoms with E-state index in [0.29, 0.717) is 16.3 Å². The summed E-state index contributed by atoms with van der Waals surface area (Å²) in [6.07, 6.45) is 0.528. The van der Waals surface area contributed by atoms with E-state index in [1.807, 2.05) is 6.92 Å². The third-order valence-corrected chi connectivity index (χ3v) is 7.17. The Balaban J connectivity index is 2.50. The molecular formula is C14H20N2O5S2. The second-order valence-electron chi connectivity index (χ2n) is 5.60. The molecule has 0 unspecified atom stereocenters. The van der Waals surface area contributed by atoms with Gasteiger partial charge in [-0.2, -0.15) is 0 Å². The van der Waals surface area contributed by atoms with E-state index in [1.54, 1.807) is 13.8 Å². The van der Waals surface area contributed by atoms with Gasteiger partial charge in [0.1, 0.15) is 0 Å². The molecule has 2 rings (SSSR count). The number of amides is 1. The normalized spacial score (nSPS) is 19.1. The standard InChI is InChI=1S/C14H20N2O5S2/c1-4-11(3)15-23(20,21)13-9-12(6-5-10(13)2)16-14(17)7-8-22(16,18)19/h5-6,9,11,15H,4,7-8H2,1-3H3/t11-/m1/s1. The molecule has 1 amide bonds. The lowest BCUT2D eigenvalue weighted by Crippen LogP contribution is -2.33. The number of carbonyl (C=O) groups excluding carboxylic acids is 1. The van der Waals surface area contributed by atoms with Crippen molar-refractivity contribution in [1.82, 2.24) is 4.72 Å². The molecule has 0 aliphatic carbocycles. The van der Waals surface area contributed by atoms with Crippen LogP contribution < -0.4 is 9.03 Å². The molecule has 1 atom stereocenters. The highest BCUT2D eigenvalue weighted by Crippen LogP contribution is 2.29. The van der Waals surface area contributed by atoms with Crippen molar-refractivity contribution in [3.8, 4) is 0 Å². The van der Waals surface area contributed by atoms with Gasteiger partial charge in [0, 0.05) is 12.5 Å². The van der Waals surface area contributed by atoms with Crippen LogP contribution in [-0.4, -0.2) is 34.5 Å². The number of hydrogen-bond acceptors (Lipinski definition) is 5. The van der Waals surface area contributed by atoms with Gasteiger partial charge in [-0.3, -0.25) is 4.79 Å². The Kier molecular flexibility index (Phi) is 4.84. The molecule has 0 aromatic heterocycles. The van der Waals surface area contributed by atoms with Crippen molar-refractivity contribution < 1.29 is 21.6 Å². The molecule has 9 heteroatoms. The molecule has 1 N–H and O–H groups in total. The zero-order valence-corrected chi connectivity index (χ0v) is 14.9. The van der Waals surface area contributed by atoms with Crippen molar-refractivity contribution in [3.05, 3.63) is 23.8 Å². The van der Waals surface area contributed by atoms with E-state index in [1.165, 1.54) is 18.2 Å². The predicted molar refractivity (Wildman–Crippen MR) is 87.1 cm³/mol. The molecule has 128 valence electrons. The van der Waals surface area contributed by atoms with E-state index in [4.69, 9.17) is 0 Å². The maximum atomic E-state index is 12.5. The number of hydrogen-bond donors (Lipinski definition) is 1. The van der Waals surface area contributed by atoms with Gasteiger partial charge in [0.25, 0.3) is 0 Å². The van der Waals surface area contributed by atoms with Gasteiger partial charge in [-0.25, -0.2) is 25.9 Å². The Morgan fingerprint density at radius 1 is 1.35 bits per heavy atom.